The van der Waals surface area contributed by atoms with E-state index in [1.165, 1.54) is 19.3 Å². The summed E-state index contributed by atoms with van der Waals surface area (Å²) < 4.78 is 0. The van der Waals surface area contributed by atoms with Crippen LogP contribution >= 0.6 is 0 Å². The molecule has 1 saturated carbocycles. The smallest absolute Gasteiger partial charge is 0.0459 e. The maximum Gasteiger partial charge on any atom is 0.0459 e. The van der Waals surface area contributed by atoms with E-state index >= 15 is 0 Å². The molecule has 1 rings (SSSR count). The first-order valence-electron chi connectivity index (χ1n) is 5.31. The predicted molar refractivity (Wildman–Crippen MR) is 51.9 cm³/mol. The molecule has 1 aliphatic rings. The molecule has 1 nitrogen and oxygen atoms in total. The van der Waals surface area contributed by atoms with Gasteiger partial charge in [0.05, 0.1) is 0 Å². The summed E-state index contributed by atoms with van der Waals surface area (Å²) in [5, 5.41) is 9.13. The number of rotatable bonds is 5. The van der Waals surface area contributed by atoms with Gasteiger partial charge in [-0.1, -0.05) is 27.2 Å². The molecule has 0 bridgehead atoms. The fourth-order valence-corrected chi connectivity index (χ4v) is 2.37. The van der Waals surface area contributed by atoms with Gasteiger partial charge in [0.15, 0.2) is 0 Å². The lowest BCUT2D eigenvalue weighted by Crippen LogP contribution is -2.24. The highest BCUT2D eigenvalue weighted by molar-refractivity contribution is 4.86. The van der Waals surface area contributed by atoms with Gasteiger partial charge in [0.1, 0.15) is 0 Å². The molecule has 0 amide bonds. The Hall–Kier alpha value is -0.0400. The van der Waals surface area contributed by atoms with Crippen LogP contribution in [-0.2, 0) is 0 Å². The molecule has 3 atom stereocenters. The van der Waals surface area contributed by atoms with E-state index in [9.17, 15) is 0 Å². The Bertz CT molecular complexity index is 119. The molecule has 0 radical (unpaired) electrons. The molecule has 0 aliphatic heterocycles. The summed E-state index contributed by atoms with van der Waals surface area (Å²) in [6.45, 7) is 7.14. The van der Waals surface area contributed by atoms with E-state index in [1.54, 1.807) is 0 Å². The van der Waals surface area contributed by atoms with Crippen molar-refractivity contribution in [3.05, 3.63) is 0 Å². The van der Waals surface area contributed by atoms with Gasteiger partial charge < -0.3 is 5.11 Å². The first-order valence-corrected chi connectivity index (χ1v) is 5.31. The van der Waals surface area contributed by atoms with Crippen LogP contribution in [0.2, 0.25) is 0 Å². The van der Waals surface area contributed by atoms with E-state index in [1.807, 2.05) is 0 Å². The molecule has 2 unspecified atom stereocenters. The zero-order valence-electron chi connectivity index (χ0n) is 8.59. The van der Waals surface area contributed by atoms with Crippen molar-refractivity contribution in [2.24, 2.45) is 23.7 Å². The van der Waals surface area contributed by atoms with Gasteiger partial charge in [-0.2, -0.15) is 0 Å². The molecular weight excluding hydrogens is 148 g/mol. The Morgan fingerprint density at radius 3 is 2.17 bits per heavy atom. The van der Waals surface area contributed by atoms with Gasteiger partial charge in [-0.3, -0.25) is 0 Å². The van der Waals surface area contributed by atoms with Crippen molar-refractivity contribution in [3.63, 3.8) is 0 Å². The van der Waals surface area contributed by atoms with Gasteiger partial charge in [0.25, 0.3) is 0 Å². The minimum atomic E-state index is 0.367. The molecule has 1 heteroatoms. The van der Waals surface area contributed by atoms with Gasteiger partial charge in [-0.15, -0.1) is 0 Å². The summed E-state index contributed by atoms with van der Waals surface area (Å²) >= 11 is 0. The zero-order chi connectivity index (χ0) is 9.14. The minimum Gasteiger partial charge on any atom is -0.396 e. The molecule has 0 aromatic heterocycles. The minimum absolute atomic E-state index is 0.367. The first-order chi connectivity index (χ1) is 5.70. The number of aliphatic hydroxyl groups is 1. The van der Waals surface area contributed by atoms with E-state index in [2.05, 4.69) is 20.8 Å². The van der Waals surface area contributed by atoms with Crippen molar-refractivity contribution in [2.45, 2.75) is 40.0 Å². The maximum atomic E-state index is 9.13. The number of hydrogen-bond donors (Lipinski definition) is 1. The lowest BCUT2D eigenvalue weighted by atomic mass is 9.79. The highest BCUT2D eigenvalue weighted by Crippen LogP contribution is 2.44. The van der Waals surface area contributed by atoms with E-state index in [0.717, 1.165) is 17.8 Å². The normalized spacial score (nSPS) is 25.0. The lowest BCUT2D eigenvalue weighted by Gasteiger charge is -2.27. The Labute approximate surface area is 76.2 Å². The number of hydrogen-bond acceptors (Lipinski definition) is 1. The zero-order valence-corrected chi connectivity index (χ0v) is 8.59. The summed E-state index contributed by atoms with van der Waals surface area (Å²) in [6, 6.07) is 0. The second-order valence-corrected chi connectivity index (χ2v) is 4.46. The number of aliphatic hydroxyl groups excluding tert-OH is 1. The third kappa shape index (κ3) is 2.22. The van der Waals surface area contributed by atoms with Crippen molar-refractivity contribution in [3.8, 4) is 0 Å². The van der Waals surface area contributed by atoms with E-state index in [0.29, 0.717) is 12.5 Å². The van der Waals surface area contributed by atoms with Crippen LogP contribution in [0, 0.1) is 23.7 Å². The molecule has 1 N–H and O–H groups in total. The second-order valence-electron chi connectivity index (χ2n) is 4.46. The molecule has 0 saturated heterocycles. The molecule has 12 heavy (non-hydrogen) atoms. The quantitative estimate of drug-likeness (QED) is 0.672. The van der Waals surface area contributed by atoms with Crippen molar-refractivity contribution >= 4 is 0 Å². The summed E-state index contributed by atoms with van der Waals surface area (Å²) in [5.41, 5.74) is 0. The molecule has 0 aromatic rings. The van der Waals surface area contributed by atoms with Crippen LogP contribution in [-0.4, -0.2) is 11.7 Å². The van der Waals surface area contributed by atoms with Gasteiger partial charge in [0, 0.05) is 6.61 Å². The third-order valence-electron chi connectivity index (χ3n) is 3.41. The average molecular weight is 170 g/mol. The SMILES string of the molecule is CC[C@@H](C)C(C(C)CO)C1CC1. The van der Waals surface area contributed by atoms with Gasteiger partial charge >= 0.3 is 0 Å². The van der Waals surface area contributed by atoms with Crippen molar-refractivity contribution in [1.82, 2.24) is 0 Å². The van der Waals surface area contributed by atoms with Crippen LogP contribution < -0.4 is 0 Å². The average Bonchev–Trinajstić information content (AvgIpc) is 2.88. The molecule has 0 spiro atoms. The standard InChI is InChI=1S/C11H22O/c1-4-8(2)11(9(3)7-12)10-5-6-10/h8-12H,4-7H2,1-3H3/t8-,9?,11?/m1/s1. The molecule has 1 fully saturated rings. The van der Waals surface area contributed by atoms with Crippen LogP contribution in [0.25, 0.3) is 0 Å². The van der Waals surface area contributed by atoms with E-state index in [4.69, 9.17) is 5.11 Å². The van der Waals surface area contributed by atoms with Gasteiger partial charge in [-0.25, -0.2) is 0 Å². The van der Waals surface area contributed by atoms with E-state index < -0.39 is 0 Å². The van der Waals surface area contributed by atoms with Crippen LogP contribution in [0.1, 0.15) is 40.0 Å². The van der Waals surface area contributed by atoms with Crippen LogP contribution in [0.15, 0.2) is 0 Å². The largest absolute Gasteiger partial charge is 0.396 e. The molecule has 0 heterocycles. The van der Waals surface area contributed by atoms with Crippen LogP contribution in [0.4, 0.5) is 0 Å². The highest BCUT2D eigenvalue weighted by Gasteiger charge is 2.36. The van der Waals surface area contributed by atoms with Crippen molar-refractivity contribution in [1.29, 1.82) is 0 Å². The fraction of sp³-hybridized carbons (Fsp3) is 1.00. The van der Waals surface area contributed by atoms with Crippen molar-refractivity contribution in [2.75, 3.05) is 6.61 Å². The third-order valence-corrected chi connectivity index (χ3v) is 3.41. The highest BCUT2D eigenvalue weighted by atomic mass is 16.3. The lowest BCUT2D eigenvalue weighted by molar-refractivity contribution is 0.135. The Morgan fingerprint density at radius 2 is 1.83 bits per heavy atom. The van der Waals surface area contributed by atoms with Gasteiger partial charge in [-0.05, 0) is 36.5 Å². The molecule has 0 aromatic carbocycles. The van der Waals surface area contributed by atoms with Crippen LogP contribution in [0.5, 0.6) is 0 Å². The molecule has 72 valence electrons. The maximum absolute atomic E-state index is 9.13. The monoisotopic (exact) mass is 170 g/mol. The predicted octanol–water partition coefficient (Wildman–Crippen LogP) is 2.69. The van der Waals surface area contributed by atoms with Crippen LogP contribution in [0.3, 0.4) is 0 Å². The Balaban J connectivity index is 2.47. The van der Waals surface area contributed by atoms with Crippen molar-refractivity contribution < 1.29 is 5.11 Å². The Morgan fingerprint density at radius 1 is 1.25 bits per heavy atom. The van der Waals surface area contributed by atoms with Gasteiger partial charge in [0.2, 0.25) is 0 Å². The van der Waals surface area contributed by atoms with E-state index in [-0.39, 0.29) is 0 Å². The second kappa shape index (κ2) is 4.27. The molecular formula is C11H22O. The fourth-order valence-electron chi connectivity index (χ4n) is 2.37. The first kappa shape index (κ1) is 10.0. The summed E-state index contributed by atoms with van der Waals surface area (Å²) in [4.78, 5) is 0. The summed E-state index contributed by atoms with van der Waals surface area (Å²) in [6.07, 6.45) is 4.06. The summed E-state index contributed by atoms with van der Waals surface area (Å²) in [5.74, 6) is 3.01. The molecule has 1 aliphatic carbocycles. The summed E-state index contributed by atoms with van der Waals surface area (Å²) in [7, 11) is 0. The topological polar surface area (TPSA) is 20.2 Å². The Kier molecular flexibility index (Phi) is 3.57.